The lowest BCUT2D eigenvalue weighted by molar-refractivity contribution is 0.285. The largest absolute Gasteiger partial charge is 0.396 e. The van der Waals surface area contributed by atoms with Gasteiger partial charge in [-0.3, -0.25) is 0 Å². The van der Waals surface area contributed by atoms with Crippen molar-refractivity contribution in [2.24, 2.45) is 5.73 Å². The van der Waals surface area contributed by atoms with Crippen molar-refractivity contribution in [2.75, 3.05) is 31.1 Å². The molecular weight excluding hydrogens is 212 g/mol. The molecule has 0 amide bonds. The van der Waals surface area contributed by atoms with Gasteiger partial charge in [0.25, 0.3) is 0 Å². The van der Waals surface area contributed by atoms with Gasteiger partial charge in [-0.1, -0.05) is 12.1 Å². The fourth-order valence-electron chi connectivity index (χ4n) is 1.89. The Bertz CT molecular complexity index is 315. The first-order valence-corrected chi connectivity index (χ1v) is 6.40. The van der Waals surface area contributed by atoms with E-state index < -0.39 is 0 Å². The van der Waals surface area contributed by atoms with Gasteiger partial charge in [0.05, 0.1) is 0 Å². The fourth-order valence-corrected chi connectivity index (χ4v) is 1.89. The number of hydrogen-bond acceptors (Lipinski definition) is 3. The molecule has 0 fully saturated rings. The van der Waals surface area contributed by atoms with Gasteiger partial charge in [-0.2, -0.15) is 0 Å². The molecule has 0 heterocycles. The molecule has 0 aliphatic rings. The van der Waals surface area contributed by atoms with E-state index in [1.807, 2.05) is 0 Å². The van der Waals surface area contributed by atoms with Gasteiger partial charge in [0, 0.05) is 25.4 Å². The molecule has 0 spiro atoms. The molecule has 0 bridgehead atoms. The van der Waals surface area contributed by atoms with Crippen LogP contribution in [0.1, 0.15) is 24.8 Å². The molecule has 3 heteroatoms. The van der Waals surface area contributed by atoms with Crippen molar-refractivity contribution in [3.05, 3.63) is 29.8 Å². The number of nitrogens with two attached hydrogens (primary N) is 1. The third-order valence-electron chi connectivity index (χ3n) is 2.84. The molecule has 17 heavy (non-hydrogen) atoms. The van der Waals surface area contributed by atoms with Crippen LogP contribution in [0.4, 0.5) is 5.69 Å². The van der Waals surface area contributed by atoms with Crippen LogP contribution < -0.4 is 10.6 Å². The van der Waals surface area contributed by atoms with E-state index in [0.717, 1.165) is 38.9 Å². The Morgan fingerprint density at radius 2 is 1.94 bits per heavy atom. The number of nitrogens with zero attached hydrogens (tertiary/aromatic N) is 1. The number of benzene rings is 1. The summed E-state index contributed by atoms with van der Waals surface area (Å²) in [5.41, 5.74) is 8.11. The van der Waals surface area contributed by atoms with E-state index in [2.05, 4.69) is 36.1 Å². The summed E-state index contributed by atoms with van der Waals surface area (Å²) < 4.78 is 0. The summed E-state index contributed by atoms with van der Waals surface area (Å²) in [6.45, 7) is 5.09. The first-order valence-electron chi connectivity index (χ1n) is 6.40. The van der Waals surface area contributed by atoms with Gasteiger partial charge in [0.15, 0.2) is 0 Å². The summed E-state index contributed by atoms with van der Waals surface area (Å²) in [7, 11) is 0. The van der Waals surface area contributed by atoms with Crippen molar-refractivity contribution in [1.82, 2.24) is 0 Å². The molecule has 96 valence electrons. The minimum Gasteiger partial charge on any atom is -0.396 e. The molecule has 0 saturated carbocycles. The quantitative estimate of drug-likeness (QED) is 0.678. The Labute approximate surface area is 104 Å². The first kappa shape index (κ1) is 14.0. The van der Waals surface area contributed by atoms with Gasteiger partial charge < -0.3 is 15.7 Å². The number of aryl methyl sites for hydroxylation is 1. The SMILES string of the molecule is Cc1cccc(N(CCCN)CCCCO)c1. The zero-order valence-corrected chi connectivity index (χ0v) is 10.7. The number of aliphatic hydroxyl groups is 1. The molecule has 0 unspecified atom stereocenters. The average molecular weight is 236 g/mol. The van der Waals surface area contributed by atoms with Crippen LogP contribution in [0.3, 0.4) is 0 Å². The Morgan fingerprint density at radius 1 is 1.18 bits per heavy atom. The topological polar surface area (TPSA) is 49.5 Å². The molecule has 1 aromatic rings. The minimum absolute atomic E-state index is 0.276. The highest BCUT2D eigenvalue weighted by molar-refractivity contribution is 5.48. The van der Waals surface area contributed by atoms with Crippen molar-refractivity contribution in [3.63, 3.8) is 0 Å². The maximum atomic E-state index is 8.83. The van der Waals surface area contributed by atoms with E-state index >= 15 is 0 Å². The highest BCUT2D eigenvalue weighted by atomic mass is 16.2. The van der Waals surface area contributed by atoms with Gasteiger partial charge in [0.1, 0.15) is 0 Å². The molecule has 0 radical (unpaired) electrons. The summed E-state index contributed by atoms with van der Waals surface area (Å²) in [6, 6.07) is 8.54. The van der Waals surface area contributed by atoms with Crippen molar-refractivity contribution in [3.8, 4) is 0 Å². The second kappa shape index (κ2) is 8.09. The van der Waals surface area contributed by atoms with Crippen molar-refractivity contribution in [1.29, 1.82) is 0 Å². The smallest absolute Gasteiger partial charge is 0.0431 e. The van der Waals surface area contributed by atoms with Crippen molar-refractivity contribution < 1.29 is 5.11 Å². The monoisotopic (exact) mass is 236 g/mol. The highest BCUT2D eigenvalue weighted by Gasteiger charge is 2.05. The van der Waals surface area contributed by atoms with Crippen LogP contribution in [0.15, 0.2) is 24.3 Å². The number of rotatable bonds is 8. The van der Waals surface area contributed by atoms with Crippen LogP contribution in [-0.4, -0.2) is 31.3 Å². The van der Waals surface area contributed by atoms with Crippen LogP contribution >= 0.6 is 0 Å². The van der Waals surface area contributed by atoms with Crippen LogP contribution in [0.2, 0.25) is 0 Å². The number of hydrogen-bond donors (Lipinski definition) is 2. The summed E-state index contributed by atoms with van der Waals surface area (Å²) >= 11 is 0. The first-order chi connectivity index (χ1) is 8.27. The highest BCUT2D eigenvalue weighted by Crippen LogP contribution is 2.16. The van der Waals surface area contributed by atoms with E-state index in [-0.39, 0.29) is 6.61 Å². The number of aliphatic hydroxyl groups excluding tert-OH is 1. The number of unbranched alkanes of at least 4 members (excludes halogenated alkanes) is 1. The lowest BCUT2D eigenvalue weighted by Crippen LogP contribution is -2.27. The molecule has 0 aromatic heterocycles. The van der Waals surface area contributed by atoms with E-state index in [9.17, 15) is 0 Å². The van der Waals surface area contributed by atoms with E-state index in [1.54, 1.807) is 0 Å². The molecule has 0 aliphatic carbocycles. The third-order valence-corrected chi connectivity index (χ3v) is 2.84. The van der Waals surface area contributed by atoms with Crippen LogP contribution in [0.25, 0.3) is 0 Å². The van der Waals surface area contributed by atoms with Crippen molar-refractivity contribution >= 4 is 5.69 Å². The normalized spacial score (nSPS) is 10.5. The fraction of sp³-hybridized carbons (Fsp3) is 0.571. The van der Waals surface area contributed by atoms with E-state index in [4.69, 9.17) is 10.8 Å². The minimum atomic E-state index is 0.276. The predicted octanol–water partition coefficient (Wildman–Crippen LogP) is 1.92. The Hall–Kier alpha value is -1.06. The van der Waals surface area contributed by atoms with E-state index in [1.165, 1.54) is 11.3 Å². The predicted molar refractivity (Wildman–Crippen MR) is 73.4 cm³/mol. The zero-order valence-electron chi connectivity index (χ0n) is 10.7. The molecule has 1 aromatic carbocycles. The van der Waals surface area contributed by atoms with Gasteiger partial charge in [0.2, 0.25) is 0 Å². The van der Waals surface area contributed by atoms with Gasteiger partial charge in [-0.05, 0) is 50.4 Å². The third kappa shape index (κ3) is 5.20. The Balaban J connectivity index is 2.60. The summed E-state index contributed by atoms with van der Waals surface area (Å²) in [4.78, 5) is 2.36. The van der Waals surface area contributed by atoms with Gasteiger partial charge >= 0.3 is 0 Å². The maximum absolute atomic E-state index is 8.83. The lowest BCUT2D eigenvalue weighted by atomic mass is 10.2. The zero-order chi connectivity index (χ0) is 12.5. The van der Waals surface area contributed by atoms with E-state index in [0.29, 0.717) is 0 Å². The second-order valence-electron chi connectivity index (χ2n) is 4.40. The Morgan fingerprint density at radius 3 is 2.59 bits per heavy atom. The lowest BCUT2D eigenvalue weighted by Gasteiger charge is -2.25. The molecule has 0 aliphatic heterocycles. The molecule has 1 rings (SSSR count). The van der Waals surface area contributed by atoms with Crippen molar-refractivity contribution in [2.45, 2.75) is 26.2 Å². The number of anilines is 1. The second-order valence-corrected chi connectivity index (χ2v) is 4.40. The van der Waals surface area contributed by atoms with Gasteiger partial charge in [-0.15, -0.1) is 0 Å². The summed E-state index contributed by atoms with van der Waals surface area (Å²) in [5, 5.41) is 8.83. The molecule has 0 saturated heterocycles. The molecule has 3 N–H and O–H groups in total. The maximum Gasteiger partial charge on any atom is 0.0431 e. The molecular formula is C14H24N2O. The van der Waals surface area contributed by atoms with Crippen LogP contribution in [-0.2, 0) is 0 Å². The average Bonchev–Trinajstić information content (AvgIpc) is 2.33. The van der Waals surface area contributed by atoms with Crippen LogP contribution in [0.5, 0.6) is 0 Å². The standard InChI is InChI=1S/C14H24N2O/c1-13-6-4-7-14(12-13)16(10-5-8-15)9-2-3-11-17/h4,6-7,12,17H,2-3,5,8-11,15H2,1H3. The summed E-state index contributed by atoms with van der Waals surface area (Å²) in [6.07, 6.45) is 2.90. The Kier molecular flexibility index (Phi) is 6.67. The summed E-state index contributed by atoms with van der Waals surface area (Å²) in [5.74, 6) is 0. The molecule has 0 atom stereocenters. The molecule has 3 nitrogen and oxygen atoms in total. The van der Waals surface area contributed by atoms with Crippen LogP contribution in [0, 0.1) is 6.92 Å². The van der Waals surface area contributed by atoms with Gasteiger partial charge in [-0.25, -0.2) is 0 Å².